The molecule has 1 atom stereocenters. The molecular formula is C19H25N3O4. The quantitative estimate of drug-likeness (QED) is 0.893. The first-order valence-corrected chi connectivity index (χ1v) is 9.11. The van der Waals surface area contributed by atoms with Gasteiger partial charge >= 0.3 is 0 Å². The predicted molar refractivity (Wildman–Crippen MR) is 98.2 cm³/mol. The van der Waals surface area contributed by atoms with Crippen LogP contribution in [0.4, 0.5) is 11.4 Å². The first kappa shape index (κ1) is 18.2. The van der Waals surface area contributed by atoms with E-state index >= 15 is 0 Å². The van der Waals surface area contributed by atoms with Crippen LogP contribution in [-0.2, 0) is 14.4 Å². The summed E-state index contributed by atoms with van der Waals surface area (Å²) in [5.74, 6) is 0.477. The van der Waals surface area contributed by atoms with Gasteiger partial charge < -0.3 is 19.9 Å². The number of carbonyl (C=O) groups excluding carboxylic acids is 3. The van der Waals surface area contributed by atoms with E-state index in [9.17, 15) is 14.4 Å². The van der Waals surface area contributed by atoms with Gasteiger partial charge in [-0.15, -0.1) is 0 Å². The van der Waals surface area contributed by atoms with Gasteiger partial charge in [-0.3, -0.25) is 14.4 Å². The lowest BCUT2D eigenvalue weighted by Gasteiger charge is -2.30. The molecule has 0 spiro atoms. The molecule has 1 fully saturated rings. The van der Waals surface area contributed by atoms with Crippen LogP contribution in [0.25, 0.3) is 0 Å². The summed E-state index contributed by atoms with van der Waals surface area (Å²) in [4.78, 5) is 39.6. The lowest BCUT2D eigenvalue weighted by atomic mass is 10.2. The van der Waals surface area contributed by atoms with Crippen LogP contribution in [0.2, 0.25) is 0 Å². The molecule has 2 heterocycles. The number of likely N-dealkylation sites (tertiary alicyclic amines) is 1. The maximum Gasteiger partial charge on any atom is 0.267 e. The Bertz CT molecular complexity index is 719. The second kappa shape index (κ2) is 7.76. The molecule has 1 aromatic rings. The van der Waals surface area contributed by atoms with E-state index in [1.165, 1.54) is 4.90 Å². The maximum absolute atomic E-state index is 12.3. The number of likely N-dealkylation sites (N-methyl/N-ethyl adjacent to an activating group) is 1. The molecule has 140 valence electrons. The number of fused-ring (bicyclic) bond motifs is 1. The number of benzene rings is 1. The number of nitrogens with zero attached hydrogens (tertiary/aromatic N) is 2. The number of hydrogen-bond donors (Lipinski definition) is 1. The molecule has 1 N–H and O–H groups in total. The summed E-state index contributed by atoms with van der Waals surface area (Å²) < 4.78 is 5.58. The molecule has 1 unspecified atom stereocenters. The summed E-state index contributed by atoms with van der Waals surface area (Å²) in [7, 11) is 1.69. The molecule has 0 bridgehead atoms. The smallest absolute Gasteiger partial charge is 0.267 e. The van der Waals surface area contributed by atoms with Gasteiger partial charge in [-0.1, -0.05) is 6.42 Å². The van der Waals surface area contributed by atoms with Crippen LogP contribution in [-0.4, -0.2) is 48.9 Å². The fraction of sp³-hybridized carbons (Fsp3) is 0.526. The first-order valence-electron chi connectivity index (χ1n) is 9.11. The summed E-state index contributed by atoms with van der Waals surface area (Å²) in [6, 6.07) is 5.24. The van der Waals surface area contributed by atoms with Gasteiger partial charge in [0.25, 0.3) is 5.91 Å². The van der Waals surface area contributed by atoms with Crippen molar-refractivity contribution >= 4 is 29.1 Å². The van der Waals surface area contributed by atoms with Crippen molar-refractivity contribution in [1.29, 1.82) is 0 Å². The molecule has 26 heavy (non-hydrogen) atoms. The minimum atomic E-state index is -0.515. The monoisotopic (exact) mass is 359 g/mol. The molecule has 7 heteroatoms. The summed E-state index contributed by atoms with van der Waals surface area (Å²) in [6.45, 7) is 2.88. The Balaban J connectivity index is 1.60. The van der Waals surface area contributed by atoms with Gasteiger partial charge in [-0.05, 0) is 38.0 Å². The Morgan fingerprint density at radius 1 is 1.27 bits per heavy atom. The van der Waals surface area contributed by atoms with E-state index in [-0.39, 0.29) is 24.1 Å². The van der Waals surface area contributed by atoms with Crippen molar-refractivity contribution in [1.82, 2.24) is 4.90 Å². The zero-order chi connectivity index (χ0) is 18.7. The molecule has 0 aromatic heterocycles. The Morgan fingerprint density at radius 2 is 2.08 bits per heavy atom. The third-order valence-corrected chi connectivity index (χ3v) is 4.87. The van der Waals surface area contributed by atoms with Crippen molar-refractivity contribution in [3.05, 3.63) is 18.2 Å². The van der Waals surface area contributed by atoms with Gasteiger partial charge in [0.05, 0.1) is 5.69 Å². The van der Waals surface area contributed by atoms with Crippen molar-refractivity contribution in [3.8, 4) is 5.75 Å². The molecular weight excluding hydrogens is 334 g/mol. The maximum atomic E-state index is 12.3. The number of carbonyl (C=O) groups is 3. The van der Waals surface area contributed by atoms with Gasteiger partial charge in [-0.2, -0.15) is 0 Å². The lowest BCUT2D eigenvalue weighted by Crippen LogP contribution is -2.42. The molecule has 0 saturated carbocycles. The molecule has 2 aliphatic heterocycles. The van der Waals surface area contributed by atoms with Crippen LogP contribution in [0.3, 0.4) is 0 Å². The molecule has 0 aliphatic carbocycles. The Morgan fingerprint density at radius 3 is 2.88 bits per heavy atom. The zero-order valence-corrected chi connectivity index (χ0v) is 15.3. The average molecular weight is 359 g/mol. The van der Waals surface area contributed by atoms with E-state index in [1.54, 1.807) is 37.1 Å². The average Bonchev–Trinajstić information content (AvgIpc) is 2.83. The number of ether oxygens (including phenoxy) is 1. The highest BCUT2D eigenvalue weighted by atomic mass is 16.5. The van der Waals surface area contributed by atoms with E-state index in [2.05, 4.69) is 5.32 Å². The fourth-order valence-electron chi connectivity index (χ4n) is 3.32. The van der Waals surface area contributed by atoms with Crippen LogP contribution in [0.1, 0.15) is 39.0 Å². The number of hydrogen-bond acceptors (Lipinski definition) is 4. The van der Waals surface area contributed by atoms with Crippen LogP contribution in [0, 0.1) is 0 Å². The van der Waals surface area contributed by atoms with Crippen LogP contribution in [0.5, 0.6) is 5.75 Å². The summed E-state index contributed by atoms with van der Waals surface area (Å²) >= 11 is 0. The second-order valence-electron chi connectivity index (χ2n) is 6.83. The molecule has 2 aliphatic rings. The number of anilines is 2. The Labute approximate surface area is 153 Å². The largest absolute Gasteiger partial charge is 0.479 e. The molecule has 1 aromatic carbocycles. The molecule has 3 amide bonds. The van der Waals surface area contributed by atoms with Crippen LogP contribution < -0.4 is 15.0 Å². The number of nitrogens with one attached hydrogen (secondary N) is 1. The first-order chi connectivity index (χ1) is 12.5. The summed E-state index contributed by atoms with van der Waals surface area (Å²) in [5.41, 5.74) is 1.24. The van der Waals surface area contributed by atoms with Crippen molar-refractivity contribution in [2.45, 2.75) is 45.1 Å². The van der Waals surface area contributed by atoms with E-state index in [1.807, 2.05) is 0 Å². The summed E-state index contributed by atoms with van der Waals surface area (Å²) in [5, 5.41) is 2.84. The molecule has 0 radical (unpaired) electrons. The highest BCUT2D eigenvalue weighted by Crippen LogP contribution is 2.35. The highest BCUT2D eigenvalue weighted by molar-refractivity contribution is 6.00. The van der Waals surface area contributed by atoms with Crippen molar-refractivity contribution in [2.24, 2.45) is 0 Å². The zero-order valence-electron chi connectivity index (χ0n) is 15.3. The van der Waals surface area contributed by atoms with E-state index < -0.39 is 6.10 Å². The van der Waals surface area contributed by atoms with E-state index in [0.717, 1.165) is 25.8 Å². The molecule has 1 saturated heterocycles. The molecule has 7 nitrogen and oxygen atoms in total. The lowest BCUT2D eigenvalue weighted by molar-refractivity contribution is -0.131. The van der Waals surface area contributed by atoms with Crippen LogP contribution >= 0.6 is 0 Å². The SMILES string of the molecule is CC1Oc2ccc(NC(=O)CCN3CCCCCC3=O)cc2N(C)C1=O. The third-order valence-electron chi connectivity index (χ3n) is 4.87. The predicted octanol–water partition coefficient (Wildman–Crippen LogP) is 2.16. The minimum absolute atomic E-state index is 0.124. The van der Waals surface area contributed by atoms with Gasteiger partial charge in [0, 0.05) is 38.7 Å². The van der Waals surface area contributed by atoms with Crippen molar-refractivity contribution in [2.75, 3.05) is 30.4 Å². The fourth-order valence-corrected chi connectivity index (χ4v) is 3.32. The Hall–Kier alpha value is -2.57. The summed E-state index contributed by atoms with van der Waals surface area (Å²) in [6.07, 6.45) is 3.31. The van der Waals surface area contributed by atoms with E-state index in [0.29, 0.717) is 30.1 Å². The molecule has 3 rings (SSSR count). The number of amides is 3. The van der Waals surface area contributed by atoms with Gasteiger partial charge in [0.1, 0.15) is 5.75 Å². The van der Waals surface area contributed by atoms with Gasteiger partial charge in [-0.25, -0.2) is 0 Å². The second-order valence-corrected chi connectivity index (χ2v) is 6.83. The van der Waals surface area contributed by atoms with Gasteiger partial charge in [0.2, 0.25) is 11.8 Å². The van der Waals surface area contributed by atoms with Crippen molar-refractivity contribution in [3.63, 3.8) is 0 Å². The Kier molecular flexibility index (Phi) is 5.44. The standard InChI is InChI=1S/C19H25N3O4/c1-13-19(25)21(2)15-12-14(7-8-16(15)26-13)20-17(23)9-11-22-10-5-3-4-6-18(22)24/h7-8,12-13H,3-6,9-11H2,1-2H3,(H,20,23). The topological polar surface area (TPSA) is 79.0 Å². The normalized spacial score (nSPS) is 20.3. The van der Waals surface area contributed by atoms with E-state index in [4.69, 9.17) is 4.74 Å². The number of rotatable bonds is 4. The minimum Gasteiger partial charge on any atom is -0.479 e. The van der Waals surface area contributed by atoms with Crippen LogP contribution in [0.15, 0.2) is 18.2 Å². The van der Waals surface area contributed by atoms with Gasteiger partial charge in [0.15, 0.2) is 6.10 Å². The van der Waals surface area contributed by atoms with Crippen molar-refractivity contribution < 1.29 is 19.1 Å². The highest BCUT2D eigenvalue weighted by Gasteiger charge is 2.29. The third kappa shape index (κ3) is 3.98.